The first-order valence-electron chi connectivity index (χ1n) is 10.2. The molecule has 1 aliphatic rings. The highest BCUT2D eigenvalue weighted by molar-refractivity contribution is 5.89. The number of fused-ring (bicyclic) bond motifs is 1. The molecule has 28 heavy (non-hydrogen) atoms. The molecular weight excluding hydrogens is 352 g/mol. The number of hydrogen-bond donors (Lipinski definition) is 0. The van der Waals surface area contributed by atoms with E-state index in [-0.39, 0.29) is 17.2 Å². The zero-order valence-electron chi connectivity index (χ0n) is 18.0. The molecule has 1 saturated heterocycles. The number of hydrogen-bond acceptors (Lipinski definition) is 3. The first-order valence-corrected chi connectivity index (χ1v) is 10.2. The van der Waals surface area contributed by atoms with E-state index in [1.54, 1.807) is 6.26 Å². The number of nitrogens with zero attached hydrogens (tertiary/aromatic N) is 2. The average molecular weight is 385 g/mol. The summed E-state index contributed by atoms with van der Waals surface area (Å²) in [6, 6.07) is 4.23. The Labute approximate surface area is 167 Å². The third kappa shape index (κ3) is 4.08. The molecule has 152 valence electrons. The van der Waals surface area contributed by atoms with E-state index in [0.29, 0.717) is 38.5 Å². The molecule has 5 heteroatoms. The highest BCUT2D eigenvalue weighted by Gasteiger charge is 2.31. The van der Waals surface area contributed by atoms with Crippen molar-refractivity contribution in [2.75, 3.05) is 26.2 Å². The van der Waals surface area contributed by atoms with Gasteiger partial charge >= 0.3 is 0 Å². The fourth-order valence-electron chi connectivity index (χ4n) is 3.91. The maximum absolute atomic E-state index is 12.8. The van der Waals surface area contributed by atoms with Crippen LogP contribution in [0.1, 0.15) is 57.2 Å². The Balaban J connectivity index is 1.69. The van der Waals surface area contributed by atoms with Crippen LogP contribution in [0, 0.1) is 12.3 Å². The highest BCUT2D eigenvalue weighted by atomic mass is 16.3. The first kappa shape index (κ1) is 20.4. The van der Waals surface area contributed by atoms with Crippen molar-refractivity contribution in [3.8, 4) is 0 Å². The second kappa shape index (κ2) is 7.61. The molecule has 5 nitrogen and oxygen atoms in total. The van der Waals surface area contributed by atoms with Crippen molar-refractivity contribution >= 4 is 22.8 Å². The zero-order valence-corrected chi connectivity index (χ0v) is 18.0. The second-order valence-corrected chi connectivity index (χ2v) is 9.22. The minimum Gasteiger partial charge on any atom is -0.464 e. The maximum Gasteiger partial charge on any atom is 0.228 e. The van der Waals surface area contributed by atoms with Crippen LogP contribution in [0.4, 0.5) is 0 Å². The van der Waals surface area contributed by atoms with E-state index in [2.05, 4.69) is 32.9 Å². The van der Waals surface area contributed by atoms with Gasteiger partial charge in [-0.2, -0.15) is 0 Å². The lowest BCUT2D eigenvalue weighted by atomic mass is 9.94. The third-order valence-corrected chi connectivity index (χ3v) is 5.57. The highest BCUT2D eigenvalue weighted by Crippen LogP contribution is 2.29. The van der Waals surface area contributed by atoms with Crippen molar-refractivity contribution in [3.05, 3.63) is 35.1 Å². The topological polar surface area (TPSA) is 53.8 Å². The molecule has 0 aliphatic carbocycles. The fraction of sp³-hybridized carbons (Fsp3) is 0.565. The Hall–Kier alpha value is -2.30. The molecular formula is C23H32N2O3. The lowest BCUT2D eigenvalue weighted by Crippen LogP contribution is -2.53. The minimum atomic E-state index is -0.381. The molecule has 0 saturated carbocycles. The Morgan fingerprint density at radius 3 is 2.25 bits per heavy atom. The van der Waals surface area contributed by atoms with Gasteiger partial charge in [0.25, 0.3) is 0 Å². The molecule has 0 unspecified atom stereocenters. The van der Waals surface area contributed by atoms with Gasteiger partial charge in [-0.3, -0.25) is 9.59 Å². The van der Waals surface area contributed by atoms with Gasteiger partial charge in [0.2, 0.25) is 11.8 Å². The second-order valence-electron chi connectivity index (χ2n) is 9.22. The number of amides is 2. The van der Waals surface area contributed by atoms with Crippen LogP contribution in [0.2, 0.25) is 0 Å². The van der Waals surface area contributed by atoms with Crippen LogP contribution >= 0.6 is 0 Å². The standard InChI is InChI=1S/C23H32N2O3/c1-15(2)18-13-19-17(14-28-20(19)11-16(18)3)12-21(26)24-7-9-25(10-8-24)22(27)23(4,5)6/h11,13-15H,7-10,12H2,1-6H3. The molecule has 1 aromatic heterocycles. The summed E-state index contributed by atoms with van der Waals surface area (Å²) in [6.07, 6.45) is 2.05. The Morgan fingerprint density at radius 2 is 1.68 bits per heavy atom. The predicted octanol–water partition coefficient (Wildman–Crippen LogP) is 4.12. The van der Waals surface area contributed by atoms with Crippen LogP contribution in [0.25, 0.3) is 11.0 Å². The summed E-state index contributed by atoms with van der Waals surface area (Å²) < 4.78 is 5.72. The summed E-state index contributed by atoms with van der Waals surface area (Å²) in [5.41, 5.74) is 3.90. The number of carbonyl (C=O) groups excluding carboxylic acids is 2. The first-order chi connectivity index (χ1) is 13.1. The van der Waals surface area contributed by atoms with E-state index >= 15 is 0 Å². The number of rotatable bonds is 3. The summed E-state index contributed by atoms with van der Waals surface area (Å²) >= 11 is 0. The number of aryl methyl sites for hydroxylation is 1. The minimum absolute atomic E-state index is 0.0947. The Morgan fingerprint density at radius 1 is 1.07 bits per heavy atom. The molecule has 1 aliphatic heterocycles. The molecule has 3 rings (SSSR count). The maximum atomic E-state index is 12.8. The van der Waals surface area contributed by atoms with Crippen LogP contribution in [0.3, 0.4) is 0 Å². The molecule has 0 spiro atoms. The van der Waals surface area contributed by atoms with Gasteiger partial charge in [0.1, 0.15) is 5.58 Å². The number of carbonyl (C=O) groups is 2. The molecule has 0 atom stereocenters. The van der Waals surface area contributed by atoms with Crippen molar-refractivity contribution in [3.63, 3.8) is 0 Å². The van der Waals surface area contributed by atoms with Crippen LogP contribution in [-0.4, -0.2) is 47.8 Å². The largest absolute Gasteiger partial charge is 0.464 e. The van der Waals surface area contributed by atoms with Gasteiger partial charge in [0.15, 0.2) is 0 Å². The van der Waals surface area contributed by atoms with E-state index in [1.807, 2.05) is 30.6 Å². The molecule has 0 radical (unpaired) electrons. The SMILES string of the molecule is Cc1cc2occ(CC(=O)N3CCN(C(=O)C(C)(C)C)CC3)c2cc1C(C)C. The fourth-order valence-corrected chi connectivity index (χ4v) is 3.91. The predicted molar refractivity (Wildman–Crippen MR) is 111 cm³/mol. The van der Waals surface area contributed by atoms with Gasteiger partial charge in [-0.15, -0.1) is 0 Å². The van der Waals surface area contributed by atoms with Crippen LogP contribution in [-0.2, 0) is 16.0 Å². The van der Waals surface area contributed by atoms with Gasteiger partial charge in [0.05, 0.1) is 12.7 Å². The van der Waals surface area contributed by atoms with E-state index in [9.17, 15) is 9.59 Å². The number of furan rings is 1. The molecule has 0 bridgehead atoms. The Bertz CT molecular complexity index is 881. The van der Waals surface area contributed by atoms with E-state index in [1.165, 1.54) is 11.1 Å². The van der Waals surface area contributed by atoms with Crippen molar-refractivity contribution in [1.29, 1.82) is 0 Å². The average Bonchev–Trinajstić information content (AvgIpc) is 3.01. The van der Waals surface area contributed by atoms with Crippen molar-refractivity contribution in [1.82, 2.24) is 9.80 Å². The van der Waals surface area contributed by atoms with E-state index in [4.69, 9.17) is 4.42 Å². The van der Waals surface area contributed by atoms with Crippen LogP contribution < -0.4 is 0 Å². The van der Waals surface area contributed by atoms with Crippen molar-refractivity contribution < 1.29 is 14.0 Å². The number of piperazine rings is 1. The lowest BCUT2D eigenvalue weighted by Gasteiger charge is -2.37. The Kier molecular flexibility index (Phi) is 5.55. The van der Waals surface area contributed by atoms with Crippen molar-refractivity contribution in [2.45, 2.75) is 53.9 Å². The normalized spacial score (nSPS) is 15.5. The smallest absolute Gasteiger partial charge is 0.228 e. The summed E-state index contributed by atoms with van der Waals surface area (Å²) in [5, 5.41) is 1.03. The number of benzene rings is 1. The summed E-state index contributed by atoms with van der Waals surface area (Å²) in [7, 11) is 0. The van der Waals surface area contributed by atoms with E-state index in [0.717, 1.165) is 16.5 Å². The summed E-state index contributed by atoms with van der Waals surface area (Å²) in [4.78, 5) is 29.0. The van der Waals surface area contributed by atoms with E-state index < -0.39 is 0 Å². The van der Waals surface area contributed by atoms with Gasteiger partial charge < -0.3 is 14.2 Å². The molecule has 1 fully saturated rings. The zero-order chi connectivity index (χ0) is 20.6. The van der Waals surface area contributed by atoms with Gasteiger partial charge in [-0.05, 0) is 36.1 Å². The molecule has 2 heterocycles. The lowest BCUT2D eigenvalue weighted by molar-refractivity contribution is -0.144. The third-order valence-electron chi connectivity index (χ3n) is 5.57. The summed E-state index contributed by atoms with van der Waals surface area (Å²) in [5.74, 6) is 0.672. The summed E-state index contributed by atoms with van der Waals surface area (Å²) in [6.45, 7) is 14.6. The van der Waals surface area contributed by atoms with Gasteiger partial charge in [-0.25, -0.2) is 0 Å². The molecule has 2 aromatic rings. The van der Waals surface area contributed by atoms with Crippen LogP contribution in [0.15, 0.2) is 22.8 Å². The van der Waals surface area contributed by atoms with Crippen LogP contribution in [0.5, 0.6) is 0 Å². The molecule has 0 N–H and O–H groups in total. The quantitative estimate of drug-likeness (QED) is 0.800. The van der Waals surface area contributed by atoms with Crippen molar-refractivity contribution in [2.24, 2.45) is 5.41 Å². The van der Waals surface area contributed by atoms with Gasteiger partial charge in [0, 0.05) is 42.5 Å². The monoisotopic (exact) mass is 384 g/mol. The van der Waals surface area contributed by atoms with Gasteiger partial charge in [-0.1, -0.05) is 34.6 Å². The molecule has 2 amide bonds. The molecule has 1 aromatic carbocycles.